The summed E-state index contributed by atoms with van der Waals surface area (Å²) in [4.78, 5) is 7.77. The maximum Gasteiger partial charge on any atom is 0.433 e. The minimum absolute atomic E-state index is 0.283. The normalized spacial score (nSPS) is 26.7. The molecule has 5 nitrogen and oxygen atoms in total. The minimum Gasteiger partial charge on any atom is -0.385 e. The van der Waals surface area contributed by atoms with E-state index in [4.69, 9.17) is 4.74 Å². The molecule has 1 aromatic heterocycles. The number of pyridine rings is 1. The van der Waals surface area contributed by atoms with Gasteiger partial charge in [0.05, 0.1) is 13.2 Å². The van der Waals surface area contributed by atoms with Gasteiger partial charge in [0.2, 0.25) is 0 Å². The highest BCUT2D eigenvalue weighted by Crippen LogP contribution is 2.27. The summed E-state index contributed by atoms with van der Waals surface area (Å²) in [5, 5.41) is 10.9. The predicted molar refractivity (Wildman–Crippen MR) is 86.0 cm³/mol. The summed E-state index contributed by atoms with van der Waals surface area (Å²) in [6, 6.07) is 2.45. The first-order chi connectivity index (χ1) is 11.8. The third-order valence-corrected chi connectivity index (χ3v) is 4.68. The van der Waals surface area contributed by atoms with Crippen molar-refractivity contribution in [2.24, 2.45) is 0 Å². The summed E-state index contributed by atoms with van der Waals surface area (Å²) in [6.07, 6.45) is -0.866. The molecule has 0 amide bonds. The molecule has 3 heterocycles. The lowest BCUT2D eigenvalue weighted by molar-refractivity contribution is -0.141. The largest absolute Gasteiger partial charge is 0.433 e. The number of aliphatic hydroxyl groups is 1. The second-order valence-corrected chi connectivity index (χ2v) is 7.02. The second-order valence-electron chi connectivity index (χ2n) is 7.02. The van der Waals surface area contributed by atoms with Crippen LogP contribution in [0.4, 0.5) is 13.2 Å². The van der Waals surface area contributed by atoms with Crippen LogP contribution in [0, 0.1) is 0 Å². The Morgan fingerprint density at radius 3 is 2.56 bits per heavy atom. The van der Waals surface area contributed by atoms with Crippen molar-refractivity contribution in [2.45, 2.75) is 31.2 Å². The SMILES string of the molecule is OC1(CN2CCCC2)COCCN(Cc2ccc(C(F)(F)F)nc2)C1. The van der Waals surface area contributed by atoms with Crippen LogP contribution in [0.2, 0.25) is 0 Å². The topological polar surface area (TPSA) is 48.8 Å². The number of ether oxygens (including phenoxy) is 1. The highest BCUT2D eigenvalue weighted by atomic mass is 19.4. The van der Waals surface area contributed by atoms with E-state index in [0.29, 0.717) is 38.3 Å². The molecular weight excluding hydrogens is 335 g/mol. The smallest absolute Gasteiger partial charge is 0.385 e. The summed E-state index contributed by atoms with van der Waals surface area (Å²) in [7, 11) is 0. The lowest BCUT2D eigenvalue weighted by Crippen LogP contribution is -2.51. The van der Waals surface area contributed by atoms with E-state index in [1.165, 1.54) is 12.3 Å². The van der Waals surface area contributed by atoms with E-state index < -0.39 is 17.5 Å². The predicted octanol–water partition coefficient (Wildman–Crippen LogP) is 1.76. The highest BCUT2D eigenvalue weighted by molar-refractivity contribution is 5.16. The van der Waals surface area contributed by atoms with E-state index in [2.05, 4.69) is 9.88 Å². The standard InChI is InChI=1S/C17H24F3N3O2/c18-17(19,20)15-4-3-14(9-21-15)10-23-7-8-25-13-16(24,12-23)11-22-5-1-2-6-22/h3-4,9,24H,1-2,5-8,10-13H2. The number of nitrogens with zero attached hydrogens (tertiary/aromatic N) is 3. The van der Waals surface area contributed by atoms with Crippen molar-refractivity contribution < 1.29 is 23.0 Å². The average molecular weight is 359 g/mol. The number of hydrogen-bond acceptors (Lipinski definition) is 5. The molecule has 0 radical (unpaired) electrons. The molecule has 3 rings (SSSR count). The first kappa shape index (κ1) is 18.6. The van der Waals surface area contributed by atoms with Crippen LogP contribution in [0.5, 0.6) is 0 Å². The van der Waals surface area contributed by atoms with Gasteiger partial charge in [-0.25, -0.2) is 0 Å². The molecule has 0 saturated carbocycles. The summed E-state index contributed by atoms with van der Waals surface area (Å²) >= 11 is 0. The van der Waals surface area contributed by atoms with Crippen molar-refractivity contribution in [1.82, 2.24) is 14.8 Å². The molecule has 1 atom stereocenters. The molecule has 0 aromatic carbocycles. The molecule has 1 unspecified atom stereocenters. The number of hydrogen-bond donors (Lipinski definition) is 1. The lowest BCUT2D eigenvalue weighted by Gasteiger charge is -2.34. The fraction of sp³-hybridized carbons (Fsp3) is 0.706. The molecule has 0 aliphatic carbocycles. The Labute approximate surface area is 145 Å². The van der Waals surface area contributed by atoms with Gasteiger partial charge in [-0.15, -0.1) is 0 Å². The van der Waals surface area contributed by atoms with E-state index >= 15 is 0 Å². The summed E-state index contributed by atoms with van der Waals surface area (Å²) in [6.45, 7) is 4.83. The zero-order chi connectivity index (χ0) is 17.9. The Hall–Kier alpha value is -1.22. The number of alkyl halides is 3. The molecule has 2 aliphatic heterocycles. The summed E-state index contributed by atoms with van der Waals surface area (Å²) < 4.78 is 43.4. The Morgan fingerprint density at radius 1 is 1.16 bits per heavy atom. The van der Waals surface area contributed by atoms with Crippen LogP contribution < -0.4 is 0 Å². The van der Waals surface area contributed by atoms with Gasteiger partial charge in [-0.1, -0.05) is 6.07 Å². The molecule has 0 spiro atoms. The van der Waals surface area contributed by atoms with Crippen molar-refractivity contribution in [3.8, 4) is 0 Å². The number of aromatic nitrogens is 1. The van der Waals surface area contributed by atoms with Gasteiger partial charge in [-0.2, -0.15) is 13.2 Å². The third-order valence-electron chi connectivity index (χ3n) is 4.68. The first-order valence-corrected chi connectivity index (χ1v) is 8.61. The van der Waals surface area contributed by atoms with Gasteiger partial charge in [-0.3, -0.25) is 9.88 Å². The zero-order valence-corrected chi connectivity index (χ0v) is 14.1. The zero-order valence-electron chi connectivity index (χ0n) is 14.1. The number of halogens is 3. The van der Waals surface area contributed by atoms with Gasteiger partial charge < -0.3 is 14.7 Å². The van der Waals surface area contributed by atoms with E-state index in [1.54, 1.807) is 0 Å². The Morgan fingerprint density at radius 2 is 1.92 bits per heavy atom. The third kappa shape index (κ3) is 5.13. The van der Waals surface area contributed by atoms with Crippen LogP contribution in [0.15, 0.2) is 18.3 Å². The molecular formula is C17H24F3N3O2. The van der Waals surface area contributed by atoms with Crippen molar-refractivity contribution in [1.29, 1.82) is 0 Å². The number of β-amino-alcohol motifs (C(OH)–C–C–N with tert-alkyl or cyclic N) is 1. The van der Waals surface area contributed by atoms with E-state index in [-0.39, 0.29) is 6.61 Å². The molecule has 1 N–H and O–H groups in total. The monoisotopic (exact) mass is 359 g/mol. The van der Waals surface area contributed by atoms with Gasteiger partial charge in [0.1, 0.15) is 11.3 Å². The van der Waals surface area contributed by atoms with Gasteiger partial charge in [-0.05, 0) is 37.6 Å². The molecule has 25 heavy (non-hydrogen) atoms. The van der Waals surface area contributed by atoms with Crippen molar-refractivity contribution in [3.63, 3.8) is 0 Å². The summed E-state index contributed by atoms with van der Waals surface area (Å²) in [5.74, 6) is 0. The van der Waals surface area contributed by atoms with Gasteiger partial charge in [0.15, 0.2) is 0 Å². The lowest BCUT2D eigenvalue weighted by atomic mass is 10.0. The fourth-order valence-electron chi connectivity index (χ4n) is 3.53. The Bertz CT molecular complexity index is 561. The molecule has 8 heteroatoms. The van der Waals surface area contributed by atoms with E-state index in [0.717, 1.165) is 32.0 Å². The van der Waals surface area contributed by atoms with Crippen LogP contribution in [-0.4, -0.2) is 71.4 Å². The highest BCUT2D eigenvalue weighted by Gasteiger charge is 2.35. The van der Waals surface area contributed by atoms with E-state index in [9.17, 15) is 18.3 Å². The van der Waals surface area contributed by atoms with Crippen LogP contribution in [0.25, 0.3) is 0 Å². The molecule has 2 fully saturated rings. The molecule has 140 valence electrons. The van der Waals surface area contributed by atoms with Crippen LogP contribution >= 0.6 is 0 Å². The quantitative estimate of drug-likeness (QED) is 0.888. The molecule has 2 aliphatic rings. The van der Waals surface area contributed by atoms with Crippen molar-refractivity contribution in [3.05, 3.63) is 29.6 Å². The summed E-state index contributed by atoms with van der Waals surface area (Å²) in [5.41, 5.74) is -1.15. The molecule has 0 bridgehead atoms. The van der Waals surface area contributed by atoms with Crippen molar-refractivity contribution in [2.75, 3.05) is 45.9 Å². The second kappa shape index (κ2) is 7.57. The fourth-order valence-corrected chi connectivity index (χ4v) is 3.53. The Balaban J connectivity index is 1.62. The Kier molecular flexibility index (Phi) is 5.62. The van der Waals surface area contributed by atoms with E-state index in [1.807, 2.05) is 4.90 Å². The first-order valence-electron chi connectivity index (χ1n) is 8.61. The number of likely N-dealkylation sites (tertiary alicyclic amines) is 1. The minimum atomic E-state index is -4.43. The van der Waals surface area contributed by atoms with Crippen molar-refractivity contribution >= 4 is 0 Å². The maximum atomic E-state index is 12.6. The molecule has 2 saturated heterocycles. The maximum absolute atomic E-state index is 12.6. The van der Waals surface area contributed by atoms with Gasteiger partial charge in [0, 0.05) is 32.4 Å². The van der Waals surface area contributed by atoms with Gasteiger partial charge >= 0.3 is 6.18 Å². The van der Waals surface area contributed by atoms with Crippen LogP contribution in [0.3, 0.4) is 0 Å². The average Bonchev–Trinajstić information content (AvgIpc) is 2.96. The molecule has 1 aromatic rings. The van der Waals surface area contributed by atoms with Crippen LogP contribution in [0.1, 0.15) is 24.1 Å². The van der Waals surface area contributed by atoms with Gasteiger partial charge in [0.25, 0.3) is 0 Å². The van der Waals surface area contributed by atoms with Crippen LogP contribution in [-0.2, 0) is 17.5 Å². The number of rotatable bonds is 4.